The van der Waals surface area contributed by atoms with Crippen LogP contribution < -0.4 is 0 Å². The van der Waals surface area contributed by atoms with Gasteiger partial charge in [-0.25, -0.2) is 0 Å². The Morgan fingerprint density at radius 2 is 1.71 bits per heavy atom. The van der Waals surface area contributed by atoms with Crippen LogP contribution in [0, 0.1) is 0 Å². The Labute approximate surface area is 146 Å². The third kappa shape index (κ3) is 1.79. The number of nitrogens with zero attached hydrogens (tertiary/aromatic N) is 1. The first-order valence-corrected chi connectivity index (χ1v) is 8.68. The zero-order valence-corrected chi connectivity index (χ0v) is 14.3. The molecule has 1 aromatic heterocycles. The van der Waals surface area contributed by atoms with E-state index in [0.717, 1.165) is 15.7 Å². The van der Waals surface area contributed by atoms with Crippen LogP contribution in [0.15, 0.2) is 46.9 Å². The van der Waals surface area contributed by atoms with Crippen molar-refractivity contribution in [3.8, 4) is 0 Å². The zero-order valence-electron chi connectivity index (χ0n) is 12.7. The molecule has 0 bridgehead atoms. The van der Waals surface area contributed by atoms with Crippen molar-refractivity contribution in [3.05, 3.63) is 69.3 Å². The Hall–Kier alpha value is -2.40. The predicted molar refractivity (Wildman–Crippen MR) is 94.1 cm³/mol. The van der Waals surface area contributed by atoms with Gasteiger partial charge in [-0.15, -0.1) is 0 Å². The first-order chi connectivity index (χ1) is 11.6. The average Bonchev–Trinajstić information content (AvgIpc) is 3.19. The van der Waals surface area contributed by atoms with Crippen LogP contribution in [-0.2, 0) is 12.8 Å². The summed E-state index contributed by atoms with van der Waals surface area (Å²) in [5.41, 5.74) is 4.48. The molecule has 2 amide bonds. The lowest BCUT2D eigenvalue weighted by molar-refractivity contribution is 0.0590. The van der Waals surface area contributed by atoms with Gasteiger partial charge in [-0.05, 0) is 42.3 Å². The molecule has 0 saturated carbocycles. The fraction of sp³-hybridized carbons (Fsp3) is 0.158. The number of fused-ring (bicyclic) bond motifs is 4. The van der Waals surface area contributed by atoms with Gasteiger partial charge < -0.3 is 4.98 Å². The van der Waals surface area contributed by atoms with Crippen molar-refractivity contribution in [2.45, 2.75) is 18.9 Å². The molecule has 1 atom stereocenters. The minimum Gasteiger partial charge on any atom is -0.358 e. The highest BCUT2D eigenvalue weighted by molar-refractivity contribution is 9.10. The van der Waals surface area contributed by atoms with Gasteiger partial charge in [0.1, 0.15) is 0 Å². The Morgan fingerprint density at radius 3 is 2.42 bits per heavy atom. The number of aromatic amines is 1. The van der Waals surface area contributed by atoms with Crippen molar-refractivity contribution >= 4 is 38.6 Å². The van der Waals surface area contributed by atoms with Crippen molar-refractivity contribution < 1.29 is 9.59 Å². The Kier molecular flexibility index (Phi) is 2.80. The molecular weight excluding hydrogens is 368 g/mol. The molecule has 118 valence electrons. The van der Waals surface area contributed by atoms with Gasteiger partial charge in [0.05, 0.1) is 11.1 Å². The van der Waals surface area contributed by atoms with Gasteiger partial charge in [0.15, 0.2) is 0 Å². The van der Waals surface area contributed by atoms with Crippen LogP contribution in [0.2, 0.25) is 0 Å². The number of nitrogens with one attached hydrogen (secondary N) is 1. The lowest BCUT2D eigenvalue weighted by atomic mass is 10.1. The summed E-state index contributed by atoms with van der Waals surface area (Å²) >= 11 is 3.51. The second-order valence-electron chi connectivity index (χ2n) is 6.36. The standard InChI is InChI=1S/C19H13BrN2O2/c20-10-5-6-16-14(7-10)15-8-11(9-17(15)21-16)22-18(23)12-3-1-2-4-13(12)19(22)24/h1-7,11,21H,8-9H2. The van der Waals surface area contributed by atoms with Crippen molar-refractivity contribution in [2.75, 3.05) is 0 Å². The van der Waals surface area contributed by atoms with E-state index in [0.29, 0.717) is 24.0 Å². The maximum atomic E-state index is 12.7. The molecule has 5 heteroatoms. The number of halogens is 1. The van der Waals surface area contributed by atoms with E-state index in [1.165, 1.54) is 15.8 Å². The molecule has 0 saturated heterocycles. The number of carbonyl (C=O) groups is 2. The molecule has 0 radical (unpaired) electrons. The van der Waals surface area contributed by atoms with Crippen LogP contribution in [-0.4, -0.2) is 27.7 Å². The number of hydrogen-bond donors (Lipinski definition) is 1. The van der Waals surface area contributed by atoms with Crippen LogP contribution in [0.25, 0.3) is 10.9 Å². The number of carbonyl (C=O) groups excluding carboxylic acids is 2. The minimum absolute atomic E-state index is 0.109. The molecule has 2 aliphatic rings. The minimum atomic E-state index is -0.170. The Bertz CT molecular complexity index is 1000. The summed E-state index contributed by atoms with van der Waals surface area (Å²) < 4.78 is 1.03. The third-order valence-corrected chi connectivity index (χ3v) is 5.52. The predicted octanol–water partition coefficient (Wildman–Crippen LogP) is 3.69. The van der Waals surface area contributed by atoms with E-state index >= 15 is 0 Å². The molecule has 1 N–H and O–H groups in total. The Morgan fingerprint density at radius 1 is 1.00 bits per heavy atom. The molecule has 0 fully saturated rings. The van der Waals surface area contributed by atoms with Gasteiger partial charge in [-0.3, -0.25) is 14.5 Å². The fourth-order valence-corrected chi connectivity index (χ4v) is 4.31. The average molecular weight is 381 g/mol. The van der Waals surface area contributed by atoms with Crippen molar-refractivity contribution in [2.24, 2.45) is 0 Å². The first-order valence-electron chi connectivity index (χ1n) is 7.89. The van der Waals surface area contributed by atoms with E-state index < -0.39 is 0 Å². The highest BCUT2D eigenvalue weighted by atomic mass is 79.9. The van der Waals surface area contributed by atoms with Crippen LogP contribution in [0.3, 0.4) is 0 Å². The lowest BCUT2D eigenvalue weighted by Crippen LogP contribution is -2.40. The van der Waals surface area contributed by atoms with E-state index in [1.54, 1.807) is 24.3 Å². The molecule has 24 heavy (non-hydrogen) atoms. The molecule has 5 rings (SSSR count). The second kappa shape index (κ2) is 4.80. The van der Waals surface area contributed by atoms with Gasteiger partial charge in [0.25, 0.3) is 11.8 Å². The van der Waals surface area contributed by atoms with Crippen LogP contribution in [0.5, 0.6) is 0 Å². The highest BCUT2D eigenvalue weighted by Crippen LogP contribution is 2.36. The third-order valence-electron chi connectivity index (χ3n) is 5.03. The summed E-state index contributed by atoms with van der Waals surface area (Å²) in [4.78, 5) is 30.2. The number of aromatic nitrogens is 1. The first kappa shape index (κ1) is 14.0. The zero-order chi connectivity index (χ0) is 16.4. The summed E-state index contributed by atoms with van der Waals surface area (Å²) in [5.74, 6) is -0.340. The maximum Gasteiger partial charge on any atom is 0.261 e. The number of imide groups is 1. The number of rotatable bonds is 1. The van der Waals surface area contributed by atoms with Crippen LogP contribution in [0.4, 0.5) is 0 Å². The summed E-state index contributed by atoms with van der Waals surface area (Å²) in [6.07, 6.45) is 1.39. The molecule has 1 aliphatic carbocycles. The molecule has 2 heterocycles. The van der Waals surface area contributed by atoms with Gasteiger partial charge in [-0.1, -0.05) is 28.1 Å². The number of hydrogen-bond acceptors (Lipinski definition) is 2. The molecule has 3 aromatic rings. The number of H-pyrrole nitrogens is 1. The summed E-state index contributed by atoms with van der Waals surface area (Å²) in [7, 11) is 0. The van der Waals surface area contributed by atoms with Crippen molar-refractivity contribution in [1.29, 1.82) is 0 Å². The van der Waals surface area contributed by atoms with Crippen LogP contribution >= 0.6 is 15.9 Å². The fourth-order valence-electron chi connectivity index (χ4n) is 3.95. The summed E-state index contributed by atoms with van der Waals surface area (Å²) in [5, 5.41) is 1.17. The van der Waals surface area contributed by atoms with Gasteiger partial charge in [0.2, 0.25) is 0 Å². The number of benzene rings is 2. The van der Waals surface area contributed by atoms with E-state index in [-0.39, 0.29) is 17.9 Å². The van der Waals surface area contributed by atoms with E-state index in [4.69, 9.17) is 0 Å². The van der Waals surface area contributed by atoms with Crippen molar-refractivity contribution in [3.63, 3.8) is 0 Å². The van der Waals surface area contributed by atoms with E-state index in [2.05, 4.69) is 33.0 Å². The second-order valence-corrected chi connectivity index (χ2v) is 7.28. The molecule has 0 spiro atoms. The smallest absolute Gasteiger partial charge is 0.261 e. The monoisotopic (exact) mass is 380 g/mol. The molecule has 1 aliphatic heterocycles. The van der Waals surface area contributed by atoms with Crippen molar-refractivity contribution in [1.82, 2.24) is 9.88 Å². The quantitative estimate of drug-likeness (QED) is 0.654. The molecule has 1 unspecified atom stereocenters. The number of amides is 2. The molecule has 2 aromatic carbocycles. The van der Waals surface area contributed by atoms with Crippen LogP contribution in [0.1, 0.15) is 32.0 Å². The highest BCUT2D eigenvalue weighted by Gasteiger charge is 2.42. The lowest BCUT2D eigenvalue weighted by Gasteiger charge is -2.21. The topological polar surface area (TPSA) is 53.2 Å². The Balaban J connectivity index is 1.53. The molecule has 4 nitrogen and oxygen atoms in total. The van der Waals surface area contributed by atoms with Gasteiger partial charge >= 0.3 is 0 Å². The maximum absolute atomic E-state index is 12.7. The molecular formula is C19H13BrN2O2. The van der Waals surface area contributed by atoms with Gasteiger partial charge in [-0.2, -0.15) is 0 Å². The van der Waals surface area contributed by atoms with E-state index in [1.807, 2.05) is 6.07 Å². The largest absolute Gasteiger partial charge is 0.358 e. The van der Waals surface area contributed by atoms with Gasteiger partial charge in [0, 0.05) is 33.5 Å². The summed E-state index contributed by atoms with van der Waals surface area (Å²) in [6, 6.07) is 13.1. The van der Waals surface area contributed by atoms with E-state index in [9.17, 15) is 9.59 Å². The normalized spacial score (nSPS) is 19.2. The SMILES string of the molecule is O=C1c2ccccc2C(=O)N1C1Cc2[nH]c3ccc(Br)cc3c2C1. The summed E-state index contributed by atoms with van der Waals surface area (Å²) in [6.45, 7) is 0.